The third kappa shape index (κ3) is 3.61. The lowest BCUT2D eigenvalue weighted by Gasteiger charge is -2.28. The van der Waals surface area contributed by atoms with Gasteiger partial charge in [-0.2, -0.15) is 0 Å². The Hall–Kier alpha value is -2.82. The molecule has 1 heterocycles. The molecule has 0 radical (unpaired) electrons. The van der Waals surface area contributed by atoms with Crippen molar-refractivity contribution in [3.63, 3.8) is 0 Å². The number of aromatic nitrogens is 2. The second-order valence-electron chi connectivity index (χ2n) is 7.63. The SMILES string of the molecule is COc1cccc2c1[C@@H](CCCN(C)C(=O)c1ccc3nc[nH]c3c1)CCC2. The van der Waals surface area contributed by atoms with Gasteiger partial charge in [-0.05, 0) is 67.9 Å². The largest absolute Gasteiger partial charge is 0.496 e. The van der Waals surface area contributed by atoms with Gasteiger partial charge >= 0.3 is 0 Å². The van der Waals surface area contributed by atoms with Crippen LogP contribution in [0.15, 0.2) is 42.7 Å². The van der Waals surface area contributed by atoms with Crippen LogP contribution < -0.4 is 4.74 Å². The molecule has 1 aromatic heterocycles. The van der Waals surface area contributed by atoms with E-state index in [1.165, 1.54) is 24.0 Å². The number of aryl methyl sites for hydroxylation is 1. The van der Waals surface area contributed by atoms with E-state index in [-0.39, 0.29) is 5.91 Å². The van der Waals surface area contributed by atoms with Crippen molar-refractivity contribution in [3.8, 4) is 5.75 Å². The summed E-state index contributed by atoms with van der Waals surface area (Å²) in [5.41, 5.74) is 5.28. The molecule has 0 saturated carbocycles. The van der Waals surface area contributed by atoms with Crippen LogP contribution in [0.4, 0.5) is 0 Å². The zero-order valence-electron chi connectivity index (χ0n) is 16.6. The standard InChI is InChI=1S/C23H27N3O2/c1-26(23(27)18-11-12-19-20(14-18)25-15-24-19)13-5-9-17-7-3-6-16-8-4-10-21(28-2)22(16)17/h4,8,10-12,14-15,17H,3,5-7,9,13H2,1-2H3,(H,24,25)/t17-/m1/s1. The zero-order chi connectivity index (χ0) is 19.5. The number of carbonyl (C=O) groups is 1. The number of hydrogen-bond acceptors (Lipinski definition) is 3. The summed E-state index contributed by atoms with van der Waals surface area (Å²) in [5, 5.41) is 0. The monoisotopic (exact) mass is 377 g/mol. The Bertz CT molecular complexity index is 965. The summed E-state index contributed by atoms with van der Waals surface area (Å²) in [7, 11) is 3.64. The minimum Gasteiger partial charge on any atom is -0.496 e. The maximum Gasteiger partial charge on any atom is 0.253 e. The third-order valence-corrected chi connectivity index (χ3v) is 5.84. The molecule has 0 unspecified atom stereocenters. The van der Waals surface area contributed by atoms with Crippen molar-refractivity contribution in [3.05, 3.63) is 59.4 Å². The highest BCUT2D eigenvalue weighted by Gasteiger charge is 2.24. The van der Waals surface area contributed by atoms with Crippen molar-refractivity contribution in [2.24, 2.45) is 0 Å². The van der Waals surface area contributed by atoms with Crippen molar-refractivity contribution < 1.29 is 9.53 Å². The molecule has 0 saturated heterocycles. The number of imidazole rings is 1. The predicted molar refractivity (Wildman–Crippen MR) is 111 cm³/mol. The van der Waals surface area contributed by atoms with Gasteiger partial charge in [0.1, 0.15) is 5.75 Å². The Morgan fingerprint density at radius 1 is 1.32 bits per heavy atom. The van der Waals surface area contributed by atoms with Crippen LogP contribution >= 0.6 is 0 Å². The number of ether oxygens (including phenoxy) is 1. The number of amides is 1. The number of fused-ring (bicyclic) bond motifs is 2. The van der Waals surface area contributed by atoms with E-state index >= 15 is 0 Å². The fourth-order valence-electron chi connectivity index (χ4n) is 4.39. The van der Waals surface area contributed by atoms with Crippen LogP contribution in [0.3, 0.4) is 0 Å². The Kier molecular flexibility index (Phi) is 5.33. The highest BCUT2D eigenvalue weighted by atomic mass is 16.5. The van der Waals surface area contributed by atoms with E-state index in [0.717, 1.165) is 42.6 Å². The maximum absolute atomic E-state index is 12.8. The second kappa shape index (κ2) is 8.05. The van der Waals surface area contributed by atoms with E-state index in [2.05, 4.69) is 28.2 Å². The fraction of sp³-hybridized carbons (Fsp3) is 0.391. The molecule has 1 aliphatic carbocycles. The molecule has 5 heteroatoms. The molecule has 0 aliphatic heterocycles. The van der Waals surface area contributed by atoms with Crippen LogP contribution in [0, 0.1) is 0 Å². The lowest BCUT2D eigenvalue weighted by Crippen LogP contribution is -2.28. The number of carbonyl (C=O) groups excluding carboxylic acids is 1. The number of hydrogen-bond donors (Lipinski definition) is 1. The van der Waals surface area contributed by atoms with Crippen molar-refractivity contribution in [2.45, 2.75) is 38.0 Å². The number of benzene rings is 2. The molecular formula is C23H27N3O2. The van der Waals surface area contributed by atoms with Gasteiger partial charge in [0.05, 0.1) is 24.5 Å². The van der Waals surface area contributed by atoms with E-state index in [9.17, 15) is 4.79 Å². The van der Waals surface area contributed by atoms with Gasteiger partial charge in [-0.25, -0.2) is 4.98 Å². The first kappa shape index (κ1) is 18.5. The molecule has 1 atom stereocenters. The van der Waals surface area contributed by atoms with Crippen LogP contribution in [0.2, 0.25) is 0 Å². The summed E-state index contributed by atoms with van der Waals surface area (Å²) < 4.78 is 5.62. The average Bonchev–Trinajstić information content (AvgIpc) is 3.20. The molecule has 4 rings (SSSR count). The minimum atomic E-state index is 0.0538. The Morgan fingerprint density at radius 2 is 2.21 bits per heavy atom. The molecule has 0 bridgehead atoms. The number of aromatic amines is 1. The van der Waals surface area contributed by atoms with Gasteiger partial charge in [-0.1, -0.05) is 12.1 Å². The summed E-state index contributed by atoms with van der Waals surface area (Å²) in [6.45, 7) is 0.751. The average molecular weight is 377 g/mol. The molecule has 1 N–H and O–H groups in total. The molecule has 28 heavy (non-hydrogen) atoms. The molecule has 1 aliphatic rings. The van der Waals surface area contributed by atoms with E-state index < -0.39 is 0 Å². The molecule has 5 nitrogen and oxygen atoms in total. The quantitative estimate of drug-likeness (QED) is 0.686. The second-order valence-corrected chi connectivity index (χ2v) is 7.63. The number of methoxy groups -OCH3 is 1. The first-order chi connectivity index (χ1) is 13.7. The number of rotatable bonds is 6. The lowest BCUT2D eigenvalue weighted by molar-refractivity contribution is 0.0792. The normalized spacial score (nSPS) is 16.0. The van der Waals surface area contributed by atoms with Gasteiger partial charge < -0.3 is 14.6 Å². The maximum atomic E-state index is 12.8. The van der Waals surface area contributed by atoms with Crippen LogP contribution in [0.1, 0.15) is 53.1 Å². The summed E-state index contributed by atoms with van der Waals surface area (Å²) in [5.74, 6) is 1.59. The highest BCUT2D eigenvalue weighted by Crippen LogP contribution is 2.40. The number of H-pyrrole nitrogens is 1. The first-order valence-corrected chi connectivity index (χ1v) is 10.0. The van der Waals surface area contributed by atoms with Crippen LogP contribution in [0.5, 0.6) is 5.75 Å². The summed E-state index contributed by atoms with van der Waals surface area (Å²) in [6, 6.07) is 12.0. The lowest BCUT2D eigenvalue weighted by atomic mass is 9.80. The zero-order valence-corrected chi connectivity index (χ0v) is 16.6. The third-order valence-electron chi connectivity index (χ3n) is 5.84. The van der Waals surface area contributed by atoms with Gasteiger partial charge in [0.15, 0.2) is 0 Å². The van der Waals surface area contributed by atoms with Crippen LogP contribution in [0.25, 0.3) is 11.0 Å². The van der Waals surface area contributed by atoms with Gasteiger partial charge in [0.25, 0.3) is 5.91 Å². The van der Waals surface area contributed by atoms with E-state index in [1.54, 1.807) is 13.4 Å². The van der Waals surface area contributed by atoms with Crippen LogP contribution in [-0.4, -0.2) is 41.5 Å². The topological polar surface area (TPSA) is 58.2 Å². The number of nitrogens with one attached hydrogen (secondary N) is 1. The van der Waals surface area contributed by atoms with Gasteiger partial charge in [0.2, 0.25) is 0 Å². The van der Waals surface area contributed by atoms with Crippen molar-refractivity contribution in [2.75, 3.05) is 20.7 Å². The van der Waals surface area contributed by atoms with E-state index in [4.69, 9.17) is 4.74 Å². The Balaban J connectivity index is 1.38. The highest BCUT2D eigenvalue weighted by molar-refractivity contribution is 5.97. The predicted octanol–water partition coefficient (Wildman–Crippen LogP) is 4.54. The Morgan fingerprint density at radius 3 is 3.07 bits per heavy atom. The minimum absolute atomic E-state index is 0.0538. The van der Waals surface area contributed by atoms with Crippen LogP contribution in [-0.2, 0) is 6.42 Å². The first-order valence-electron chi connectivity index (χ1n) is 10.0. The van der Waals surface area contributed by atoms with Crippen molar-refractivity contribution in [1.82, 2.24) is 14.9 Å². The molecule has 1 amide bonds. The van der Waals surface area contributed by atoms with Gasteiger partial charge in [-0.3, -0.25) is 4.79 Å². The molecule has 2 aromatic carbocycles. The molecule has 0 fully saturated rings. The molecular weight excluding hydrogens is 350 g/mol. The summed E-state index contributed by atoms with van der Waals surface area (Å²) in [6.07, 6.45) is 7.27. The van der Waals surface area contributed by atoms with Gasteiger partial charge in [-0.15, -0.1) is 0 Å². The molecule has 0 spiro atoms. The molecule has 3 aromatic rings. The van der Waals surface area contributed by atoms with Crippen molar-refractivity contribution >= 4 is 16.9 Å². The fourth-order valence-corrected chi connectivity index (χ4v) is 4.39. The molecule has 146 valence electrons. The number of nitrogens with zero attached hydrogens (tertiary/aromatic N) is 2. The summed E-state index contributed by atoms with van der Waals surface area (Å²) in [4.78, 5) is 21.9. The van der Waals surface area contributed by atoms with E-state index in [1.807, 2.05) is 30.1 Å². The summed E-state index contributed by atoms with van der Waals surface area (Å²) >= 11 is 0. The smallest absolute Gasteiger partial charge is 0.253 e. The van der Waals surface area contributed by atoms with Crippen molar-refractivity contribution in [1.29, 1.82) is 0 Å². The van der Waals surface area contributed by atoms with Gasteiger partial charge in [0, 0.05) is 24.7 Å². The Labute approximate surface area is 165 Å². The van der Waals surface area contributed by atoms with E-state index in [0.29, 0.717) is 11.5 Å².